The number of sulfonamides is 1. The number of hydrogen-bond acceptors (Lipinski definition) is 5. The van der Waals surface area contributed by atoms with Crippen molar-refractivity contribution in [1.29, 1.82) is 0 Å². The third-order valence-electron chi connectivity index (χ3n) is 3.07. The first-order valence-electron chi connectivity index (χ1n) is 6.06. The van der Waals surface area contributed by atoms with Crippen molar-refractivity contribution in [2.45, 2.75) is 25.3 Å². The second-order valence-corrected chi connectivity index (χ2v) is 7.38. The lowest BCUT2D eigenvalue weighted by Gasteiger charge is -2.16. The second kappa shape index (κ2) is 5.63. The highest BCUT2D eigenvalue weighted by Gasteiger charge is 2.33. The fourth-order valence-electron chi connectivity index (χ4n) is 2.10. The number of furan rings is 1. The molecule has 6 nitrogen and oxygen atoms in total. The lowest BCUT2D eigenvalue weighted by Crippen LogP contribution is -2.28. The molecule has 0 bridgehead atoms. The number of carboxylic acid groups (broad SMARTS) is 1. The second-order valence-electron chi connectivity index (χ2n) is 4.62. The van der Waals surface area contributed by atoms with Crippen molar-refractivity contribution >= 4 is 27.3 Å². The topological polar surface area (TPSA) is 87.8 Å². The van der Waals surface area contributed by atoms with Gasteiger partial charge in [-0.3, -0.25) is 0 Å². The van der Waals surface area contributed by atoms with Gasteiger partial charge in [-0.25, -0.2) is 13.2 Å². The van der Waals surface area contributed by atoms with Crippen LogP contribution >= 0.6 is 11.3 Å². The molecule has 0 spiro atoms. The molecule has 2 aromatic heterocycles. The Morgan fingerprint density at radius 2 is 2.05 bits per heavy atom. The van der Waals surface area contributed by atoms with Crippen LogP contribution in [0, 0.1) is 13.8 Å². The fraction of sp³-hybridized carbons (Fsp3) is 0.308. The van der Waals surface area contributed by atoms with Crippen LogP contribution in [0.3, 0.4) is 0 Å². The van der Waals surface area contributed by atoms with Crippen LogP contribution in [-0.4, -0.2) is 30.8 Å². The van der Waals surface area contributed by atoms with Gasteiger partial charge in [0.1, 0.15) is 22.0 Å². The molecule has 0 saturated carbocycles. The maximum atomic E-state index is 12.6. The first kappa shape index (κ1) is 15.7. The number of rotatable bonds is 5. The summed E-state index contributed by atoms with van der Waals surface area (Å²) in [5.41, 5.74) is 0.547. The Bertz CT molecular complexity index is 759. The van der Waals surface area contributed by atoms with Crippen LogP contribution in [0.1, 0.15) is 27.4 Å². The number of carbonyl (C=O) groups is 1. The minimum Gasteiger partial charge on any atom is -0.478 e. The van der Waals surface area contributed by atoms with E-state index in [1.54, 1.807) is 0 Å². The minimum atomic E-state index is -3.94. The summed E-state index contributed by atoms with van der Waals surface area (Å²) < 4.78 is 31.6. The first-order valence-corrected chi connectivity index (χ1v) is 8.44. The average molecular weight is 329 g/mol. The molecule has 2 aromatic rings. The Balaban J connectivity index is 2.47. The Morgan fingerprint density at radius 1 is 1.38 bits per heavy atom. The highest BCUT2D eigenvalue weighted by molar-refractivity contribution is 7.89. The molecule has 0 aliphatic heterocycles. The van der Waals surface area contributed by atoms with Gasteiger partial charge < -0.3 is 9.52 Å². The summed E-state index contributed by atoms with van der Waals surface area (Å²) in [7, 11) is -2.52. The Kier molecular flexibility index (Phi) is 4.22. The van der Waals surface area contributed by atoms with Crippen molar-refractivity contribution < 1.29 is 22.7 Å². The summed E-state index contributed by atoms with van der Waals surface area (Å²) in [5, 5.41) is 12.9. The number of aryl methyl sites for hydroxylation is 2. The van der Waals surface area contributed by atoms with Crippen LogP contribution in [0.15, 0.2) is 26.1 Å². The minimum absolute atomic E-state index is 0.0852. The molecule has 114 valence electrons. The first-order chi connectivity index (χ1) is 9.75. The molecule has 0 radical (unpaired) electrons. The summed E-state index contributed by atoms with van der Waals surface area (Å²) in [4.78, 5) is 11.0. The number of thiophene rings is 1. The quantitative estimate of drug-likeness (QED) is 0.910. The predicted octanol–water partition coefficient (Wildman–Crippen LogP) is 2.48. The van der Waals surface area contributed by atoms with Crippen LogP contribution in [0.5, 0.6) is 0 Å². The van der Waals surface area contributed by atoms with E-state index in [0.29, 0.717) is 0 Å². The van der Waals surface area contributed by atoms with Gasteiger partial charge in [0.15, 0.2) is 0 Å². The van der Waals surface area contributed by atoms with Crippen molar-refractivity contribution in [3.05, 3.63) is 39.5 Å². The zero-order valence-electron chi connectivity index (χ0n) is 11.8. The molecule has 1 N–H and O–H groups in total. The van der Waals surface area contributed by atoms with Gasteiger partial charge in [0.05, 0.1) is 0 Å². The molecule has 21 heavy (non-hydrogen) atoms. The van der Waals surface area contributed by atoms with Gasteiger partial charge in [0.25, 0.3) is 0 Å². The van der Waals surface area contributed by atoms with Gasteiger partial charge in [0, 0.05) is 13.6 Å². The lowest BCUT2D eigenvalue weighted by molar-refractivity contribution is 0.0691. The van der Waals surface area contributed by atoms with Crippen LogP contribution in [0.2, 0.25) is 0 Å². The highest BCUT2D eigenvalue weighted by Crippen LogP contribution is 2.29. The number of hydrogen-bond donors (Lipinski definition) is 1. The van der Waals surface area contributed by atoms with E-state index in [9.17, 15) is 18.3 Å². The largest absolute Gasteiger partial charge is 0.478 e. The zero-order valence-corrected chi connectivity index (χ0v) is 13.4. The molecule has 0 saturated heterocycles. The van der Waals surface area contributed by atoms with E-state index in [1.165, 1.54) is 32.2 Å². The van der Waals surface area contributed by atoms with E-state index in [4.69, 9.17) is 4.42 Å². The van der Waals surface area contributed by atoms with E-state index < -0.39 is 16.0 Å². The van der Waals surface area contributed by atoms with Gasteiger partial charge >= 0.3 is 5.97 Å². The van der Waals surface area contributed by atoms with Gasteiger partial charge in [0.2, 0.25) is 10.0 Å². The Hall–Kier alpha value is -1.64. The van der Waals surface area contributed by atoms with E-state index >= 15 is 0 Å². The summed E-state index contributed by atoms with van der Waals surface area (Å²) in [6.07, 6.45) is 0. The molecule has 2 rings (SSSR count). The van der Waals surface area contributed by atoms with E-state index in [-0.39, 0.29) is 28.5 Å². The van der Waals surface area contributed by atoms with Gasteiger partial charge in [-0.15, -0.1) is 0 Å². The molecular formula is C13H15NO5S2. The SMILES string of the molecule is Cc1oc(C)c(S(=O)(=O)N(C)Cc2ccsc2)c1C(=O)O. The summed E-state index contributed by atoms with van der Waals surface area (Å²) in [6, 6.07) is 1.82. The van der Waals surface area contributed by atoms with Crippen LogP contribution in [-0.2, 0) is 16.6 Å². The van der Waals surface area contributed by atoms with Crippen LogP contribution in [0.25, 0.3) is 0 Å². The molecule has 0 aliphatic carbocycles. The molecular weight excluding hydrogens is 314 g/mol. The smallest absolute Gasteiger partial charge is 0.340 e. The molecule has 0 amide bonds. The molecule has 0 aromatic carbocycles. The van der Waals surface area contributed by atoms with Crippen LogP contribution < -0.4 is 0 Å². The average Bonchev–Trinajstić information content (AvgIpc) is 2.96. The molecule has 0 unspecified atom stereocenters. The summed E-state index contributed by atoms with van der Waals surface area (Å²) in [6.45, 7) is 3.06. The normalized spacial score (nSPS) is 12.0. The highest BCUT2D eigenvalue weighted by atomic mass is 32.2. The molecule has 8 heteroatoms. The number of aromatic carboxylic acids is 1. The van der Waals surface area contributed by atoms with Crippen molar-refractivity contribution in [2.75, 3.05) is 7.05 Å². The van der Waals surface area contributed by atoms with Crippen molar-refractivity contribution in [3.63, 3.8) is 0 Å². The third kappa shape index (κ3) is 2.87. The maximum Gasteiger partial charge on any atom is 0.340 e. The van der Waals surface area contributed by atoms with Gasteiger partial charge in [-0.05, 0) is 36.2 Å². The summed E-state index contributed by atoms with van der Waals surface area (Å²) in [5.74, 6) is -1.14. The monoisotopic (exact) mass is 329 g/mol. The summed E-state index contributed by atoms with van der Waals surface area (Å²) >= 11 is 1.47. The van der Waals surface area contributed by atoms with Crippen LogP contribution in [0.4, 0.5) is 0 Å². The predicted molar refractivity (Wildman–Crippen MR) is 78.1 cm³/mol. The lowest BCUT2D eigenvalue weighted by atomic mass is 10.2. The Labute approximate surface area is 126 Å². The molecule has 0 fully saturated rings. The number of nitrogens with zero attached hydrogens (tertiary/aromatic N) is 1. The molecule has 2 heterocycles. The fourth-order valence-corrected chi connectivity index (χ4v) is 4.29. The zero-order chi connectivity index (χ0) is 15.8. The van der Waals surface area contributed by atoms with Crippen molar-refractivity contribution in [3.8, 4) is 0 Å². The Morgan fingerprint density at radius 3 is 2.57 bits per heavy atom. The standard InChI is InChI=1S/C13H15NO5S2/c1-8-11(13(15)16)12(9(2)19-8)21(17,18)14(3)6-10-4-5-20-7-10/h4-5,7H,6H2,1-3H3,(H,15,16). The van der Waals surface area contributed by atoms with Gasteiger partial charge in [-0.1, -0.05) is 0 Å². The van der Waals surface area contributed by atoms with E-state index in [0.717, 1.165) is 9.87 Å². The maximum absolute atomic E-state index is 12.6. The van der Waals surface area contributed by atoms with E-state index in [2.05, 4.69) is 0 Å². The third-order valence-corrected chi connectivity index (χ3v) is 5.76. The molecule has 0 atom stereocenters. The van der Waals surface area contributed by atoms with E-state index in [1.807, 2.05) is 16.8 Å². The van der Waals surface area contributed by atoms with Crippen molar-refractivity contribution in [1.82, 2.24) is 4.31 Å². The van der Waals surface area contributed by atoms with Crippen molar-refractivity contribution in [2.24, 2.45) is 0 Å². The molecule has 0 aliphatic rings. The number of carboxylic acids is 1. The van der Waals surface area contributed by atoms with Gasteiger partial charge in [-0.2, -0.15) is 15.6 Å².